The zero-order valence-corrected chi connectivity index (χ0v) is 12.0. The standard InChI is InChI=1S/C14H19N3O3/c1-4-7-16-14(3,9-15)10-20-12-5-6-13(17(18)19)11(2)8-12/h5-6,8,16H,4,7,10H2,1-3H3. The lowest BCUT2D eigenvalue weighted by atomic mass is 10.1. The third-order valence-corrected chi connectivity index (χ3v) is 2.90. The number of ether oxygens (including phenoxy) is 1. The van der Waals surface area contributed by atoms with Crippen LogP contribution in [-0.4, -0.2) is 23.6 Å². The highest BCUT2D eigenvalue weighted by Gasteiger charge is 2.24. The van der Waals surface area contributed by atoms with Gasteiger partial charge < -0.3 is 4.74 Å². The SMILES string of the molecule is CCCNC(C)(C#N)COc1ccc([N+](=O)[O-])c(C)c1. The van der Waals surface area contributed by atoms with Crippen molar-refractivity contribution in [1.29, 1.82) is 5.26 Å². The van der Waals surface area contributed by atoms with Crippen LogP contribution in [0.15, 0.2) is 18.2 Å². The summed E-state index contributed by atoms with van der Waals surface area (Å²) in [4.78, 5) is 10.3. The van der Waals surface area contributed by atoms with Gasteiger partial charge in [-0.1, -0.05) is 6.92 Å². The van der Waals surface area contributed by atoms with Crippen LogP contribution in [0.1, 0.15) is 25.8 Å². The summed E-state index contributed by atoms with van der Waals surface area (Å²) < 4.78 is 5.57. The molecule has 1 N–H and O–H groups in total. The lowest BCUT2D eigenvalue weighted by Crippen LogP contribution is -2.46. The predicted octanol–water partition coefficient (Wildman–Crippen LogP) is 2.56. The molecule has 0 saturated carbocycles. The minimum Gasteiger partial charge on any atom is -0.491 e. The van der Waals surface area contributed by atoms with Gasteiger partial charge in [0.25, 0.3) is 5.69 Å². The van der Waals surface area contributed by atoms with Gasteiger partial charge in [0.15, 0.2) is 0 Å². The zero-order valence-electron chi connectivity index (χ0n) is 12.0. The van der Waals surface area contributed by atoms with E-state index in [1.54, 1.807) is 26.0 Å². The van der Waals surface area contributed by atoms with Crippen LogP contribution < -0.4 is 10.1 Å². The zero-order chi connectivity index (χ0) is 15.2. The Morgan fingerprint density at radius 2 is 2.25 bits per heavy atom. The molecular formula is C14H19N3O3. The molecule has 20 heavy (non-hydrogen) atoms. The number of nitro groups is 1. The fraction of sp³-hybridized carbons (Fsp3) is 0.500. The predicted molar refractivity (Wildman–Crippen MR) is 75.6 cm³/mol. The summed E-state index contributed by atoms with van der Waals surface area (Å²) >= 11 is 0. The highest BCUT2D eigenvalue weighted by molar-refractivity contribution is 5.44. The smallest absolute Gasteiger partial charge is 0.272 e. The van der Waals surface area contributed by atoms with Crippen molar-refractivity contribution in [3.63, 3.8) is 0 Å². The monoisotopic (exact) mass is 277 g/mol. The van der Waals surface area contributed by atoms with Gasteiger partial charge in [0.05, 0.1) is 11.0 Å². The third-order valence-electron chi connectivity index (χ3n) is 2.90. The maximum Gasteiger partial charge on any atom is 0.272 e. The third kappa shape index (κ3) is 4.21. The Morgan fingerprint density at radius 1 is 1.55 bits per heavy atom. The maximum absolute atomic E-state index is 10.7. The molecule has 1 unspecified atom stereocenters. The minimum atomic E-state index is -0.772. The molecule has 0 amide bonds. The summed E-state index contributed by atoms with van der Waals surface area (Å²) in [6, 6.07) is 6.75. The molecule has 108 valence electrons. The fourth-order valence-corrected chi connectivity index (χ4v) is 1.67. The van der Waals surface area contributed by atoms with E-state index in [2.05, 4.69) is 11.4 Å². The minimum absolute atomic E-state index is 0.0597. The van der Waals surface area contributed by atoms with Gasteiger partial charge in [0, 0.05) is 11.6 Å². The maximum atomic E-state index is 10.7. The largest absolute Gasteiger partial charge is 0.491 e. The lowest BCUT2D eigenvalue weighted by Gasteiger charge is -2.23. The number of nitro benzene ring substituents is 1. The number of aryl methyl sites for hydroxylation is 1. The van der Waals surface area contributed by atoms with E-state index in [0.29, 0.717) is 11.3 Å². The molecule has 6 nitrogen and oxygen atoms in total. The molecule has 0 bridgehead atoms. The highest BCUT2D eigenvalue weighted by Crippen LogP contribution is 2.23. The first-order valence-electron chi connectivity index (χ1n) is 6.46. The van der Waals surface area contributed by atoms with Crippen LogP contribution in [0.4, 0.5) is 5.69 Å². The molecule has 0 spiro atoms. The number of hydrogen-bond acceptors (Lipinski definition) is 5. The Balaban J connectivity index is 2.72. The second-order valence-corrected chi connectivity index (χ2v) is 4.86. The van der Waals surface area contributed by atoms with Gasteiger partial charge in [0.1, 0.15) is 17.9 Å². The van der Waals surface area contributed by atoms with Crippen LogP contribution in [-0.2, 0) is 0 Å². The fourth-order valence-electron chi connectivity index (χ4n) is 1.67. The molecule has 0 aliphatic heterocycles. The topological polar surface area (TPSA) is 88.2 Å². The molecule has 1 atom stereocenters. The van der Waals surface area contributed by atoms with Crippen molar-refractivity contribution in [1.82, 2.24) is 5.32 Å². The molecule has 0 fully saturated rings. The number of nitriles is 1. The molecule has 0 aliphatic rings. The highest BCUT2D eigenvalue weighted by atomic mass is 16.6. The van der Waals surface area contributed by atoms with Crippen LogP contribution >= 0.6 is 0 Å². The summed E-state index contributed by atoms with van der Waals surface area (Å²) in [5, 5.41) is 23.0. The molecule has 0 saturated heterocycles. The lowest BCUT2D eigenvalue weighted by molar-refractivity contribution is -0.385. The van der Waals surface area contributed by atoms with E-state index in [1.165, 1.54) is 6.07 Å². The number of hydrogen-bond donors (Lipinski definition) is 1. The molecular weight excluding hydrogens is 258 g/mol. The number of rotatable bonds is 7. The van der Waals surface area contributed by atoms with Crippen molar-refractivity contribution >= 4 is 5.69 Å². The van der Waals surface area contributed by atoms with Gasteiger partial charge in [-0.05, 0) is 38.9 Å². The van der Waals surface area contributed by atoms with Crippen molar-refractivity contribution in [3.8, 4) is 11.8 Å². The summed E-state index contributed by atoms with van der Waals surface area (Å²) in [5.74, 6) is 0.521. The van der Waals surface area contributed by atoms with E-state index in [1.807, 2.05) is 6.92 Å². The Kier molecular flexibility index (Phi) is 5.47. The van der Waals surface area contributed by atoms with Gasteiger partial charge in [-0.15, -0.1) is 0 Å². The Labute approximate surface area is 118 Å². The number of benzene rings is 1. The van der Waals surface area contributed by atoms with E-state index in [4.69, 9.17) is 4.74 Å². The van der Waals surface area contributed by atoms with E-state index in [-0.39, 0.29) is 12.3 Å². The Bertz CT molecular complexity index is 525. The van der Waals surface area contributed by atoms with Crippen molar-refractivity contribution in [3.05, 3.63) is 33.9 Å². The van der Waals surface area contributed by atoms with E-state index < -0.39 is 10.5 Å². The van der Waals surface area contributed by atoms with Gasteiger partial charge >= 0.3 is 0 Å². The first-order valence-corrected chi connectivity index (χ1v) is 6.46. The molecule has 0 aliphatic carbocycles. The molecule has 0 aromatic heterocycles. The van der Waals surface area contributed by atoms with Crippen LogP contribution in [0.5, 0.6) is 5.75 Å². The second kappa shape index (κ2) is 6.87. The van der Waals surface area contributed by atoms with E-state index in [9.17, 15) is 15.4 Å². The van der Waals surface area contributed by atoms with Gasteiger partial charge in [-0.2, -0.15) is 5.26 Å². The molecule has 0 radical (unpaired) electrons. The number of nitrogens with one attached hydrogen (secondary N) is 1. The summed E-state index contributed by atoms with van der Waals surface area (Å²) in [6.07, 6.45) is 0.925. The summed E-state index contributed by atoms with van der Waals surface area (Å²) in [5.41, 5.74) is -0.178. The quantitative estimate of drug-likeness (QED) is 0.611. The van der Waals surface area contributed by atoms with E-state index in [0.717, 1.165) is 13.0 Å². The van der Waals surface area contributed by atoms with Crippen LogP contribution in [0.3, 0.4) is 0 Å². The van der Waals surface area contributed by atoms with E-state index >= 15 is 0 Å². The van der Waals surface area contributed by atoms with Crippen molar-refractivity contribution in [2.75, 3.05) is 13.2 Å². The normalized spacial score (nSPS) is 13.3. The summed E-state index contributed by atoms with van der Waals surface area (Å²) in [6.45, 7) is 6.35. The van der Waals surface area contributed by atoms with Gasteiger partial charge in [0.2, 0.25) is 0 Å². The van der Waals surface area contributed by atoms with Crippen molar-refractivity contribution < 1.29 is 9.66 Å². The first kappa shape index (κ1) is 15.9. The summed E-state index contributed by atoms with van der Waals surface area (Å²) in [7, 11) is 0. The van der Waals surface area contributed by atoms with Crippen LogP contribution in [0.25, 0.3) is 0 Å². The first-order chi connectivity index (χ1) is 9.41. The molecule has 0 heterocycles. The van der Waals surface area contributed by atoms with Gasteiger partial charge in [-0.25, -0.2) is 0 Å². The van der Waals surface area contributed by atoms with Crippen LogP contribution in [0, 0.1) is 28.4 Å². The molecule has 1 aromatic rings. The Hall–Kier alpha value is -2.13. The van der Waals surface area contributed by atoms with Crippen molar-refractivity contribution in [2.24, 2.45) is 0 Å². The average molecular weight is 277 g/mol. The molecule has 1 aromatic carbocycles. The number of nitrogens with zero attached hydrogens (tertiary/aromatic N) is 2. The molecule has 6 heteroatoms. The van der Waals surface area contributed by atoms with Crippen molar-refractivity contribution in [2.45, 2.75) is 32.7 Å². The average Bonchev–Trinajstić information content (AvgIpc) is 2.42. The molecule has 1 rings (SSSR count). The van der Waals surface area contributed by atoms with Gasteiger partial charge in [-0.3, -0.25) is 15.4 Å². The van der Waals surface area contributed by atoms with Crippen LogP contribution in [0.2, 0.25) is 0 Å². The Morgan fingerprint density at radius 3 is 2.75 bits per heavy atom. The second-order valence-electron chi connectivity index (χ2n) is 4.86.